The second-order valence-corrected chi connectivity index (χ2v) is 3.09. The van der Waals surface area contributed by atoms with E-state index in [2.05, 4.69) is 4.74 Å². The van der Waals surface area contributed by atoms with Crippen LogP contribution in [0, 0.1) is 9.39 Å². The van der Waals surface area contributed by atoms with Gasteiger partial charge in [0.15, 0.2) is 11.6 Å². The van der Waals surface area contributed by atoms with Gasteiger partial charge in [-0.3, -0.25) is 0 Å². The maximum atomic E-state index is 12.9. The Labute approximate surface area is 80.7 Å². The van der Waals surface area contributed by atoms with Crippen LogP contribution in [0.25, 0.3) is 0 Å². The molecule has 0 bridgehead atoms. The van der Waals surface area contributed by atoms with E-state index >= 15 is 0 Å². The van der Waals surface area contributed by atoms with Gasteiger partial charge in [-0.2, -0.15) is 8.78 Å². The number of alkyl halides is 2. The minimum absolute atomic E-state index is 0.255. The van der Waals surface area contributed by atoms with Gasteiger partial charge in [-0.1, -0.05) is 6.07 Å². The predicted octanol–water partition coefficient (Wildman–Crippen LogP) is 3.03. The van der Waals surface area contributed by atoms with Crippen LogP contribution in [-0.4, -0.2) is 6.61 Å². The lowest BCUT2D eigenvalue weighted by Gasteiger charge is -2.05. The van der Waals surface area contributed by atoms with Crippen LogP contribution in [0.15, 0.2) is 18.2 Å². The van der Waals surface area contributed by atoms with E-state index in [4.69, 9.17) is 0 Å². The molecule has 0 fully saturated rings. The lowest BCUT2D eigenvalue weighted by atomic mass is 10.3. The fourth-order valence-electron chi connectivity index (χ4n) is 0.671. The fraction of sp³-hybridized carbons (Fsp3) is 0.143. The molecule has 1 aromatic rings. The van der Waals surface area contributed by atoms with Gasteiger partial charge in [-0.15, -0.1) is 0 Å². The molecule has 0 aliphatic rings. The van der Waals surface area contributed by atoms with Gasteiger partial charge in [-0.05, 0) is 34.7 Å². The van der Waals surface area contributed by atoms with Crippen LogP contribution in [-0.2, 0) is 0 Å². The molecule has 1 aromatic carbocycles. The molecule has 0 aromatic heterocycles. The van der Waals surface area contributed by atoms with Crippen molar-refractivity contribution in [2.24, 2.45) is 0 Å². The smallest absolute Gasteiger partial charge is 0.387 e. The summed E-state index contributed by atoms with van der Waals surface area (Å²) >= 11 is 1.70. The van der Waals surface area contributed by atoms with E-state index in [9.17, 15) is 13.2 Å². The van der Waals surface area contributed by atoms with E-state index < -0.39 is 18.2 Å². The Morgan fingerprint density at radius 2 is 2.00 bits per heavy atom. The summed E-state index contributed by atoms with van der Waals surface area (Å²) < 4.78 is 40.3. The molecular formula is C7H4F3IO. The highest BCUT2D eigenvalue weighted by atomic mass is 127. The van der Waals surface area contributed by atoms with Crippen molar-refractivity contribution in [3.63, 3.8) is 0 Å². The molecule has 0 saturated heterocycles. The van der Waals surface area contributed by atoms with Gasteiger partial charge in [-0.25, -0.2) is 4.39 Å². The van der Waals surface area contributed by atoms with Crippen LogP contribution < -0.4 is 4.74 Å². The van der Waals surface area contributed by atoms with E-state index in [1.807, 2.05) is 0 Å². The SMILES string of the molecule is Fc1c(I)cccc1OC(F)F. The van der Waals surface area contributed by atoms with E-state index in [0.29, 0.717) is 0 Å². The van der Waals surface area contributed by atoms with Gasteiger partial charge in [0.05, 0.1) is 3.57 Å². The third kappa shape index (κ3) is 2.26. The molecule has 0 N–H and O–H groups in total. The highest BCUT2D eigenvalue weighted by molar-refractivity contribution is 14.1. The zero-order valence-corrected chi connectivity index (χ0v) is 7.89. The Kier molecular flexibility index (Phi) is 3.19. The minimum atomic E-state index is -2.99. The molecule has 66 valence electrons. The molecule has 0 amide bonds. The maximum absolute atomic E-state index is 12.9. The molecule has 0 radical (unpaired) electrons. The number of hydrogen-bond acceptors (Lipinski definition) is 1. The summed E-state index contributed by atoms with van der Waals surface area (Å²) in [6.07, 6.45) is 0. The molecule has 0 unspecified atom stereocenters. The van der Waals surface area contributed by atoms with Gasteiger partial charge >= 0.3 is 6.61 Å². The first-order chi connectivity index (χ1) is 5.61. The van der Waals surface area contributed by atoms with E-state index in [1.54, 1.807) is 22.6 Å². The van der Waals surface area contributed by atoms with Crippen molar-refractivity contribution in [3.8, 4) is 5.75 Å². The van der Waals surface area contributed by atoms with Crippen molar-refractivity contribution in [3.05, 3.63) is 27.6 Å². The fourth-order valence-corrected chi connectivity index (χ4v) is 1.14. The van der Waals surface area contributed by atoms with E-state index in [1.165, 1.54) is 12.1 Å². The summed E-state index contributed by atoms with van der Waals surface area (Å²) in [5.41, 5.74) is 0. The average molecular weight is 288 g/mol. The third-order valence-corrected chi connectivity index (χ3v) is 1.97. The normalized spacial score (nSPS) is 10.4. The van der Waals surface area contributed by atoms with Gasteiger partial charge in [0.2, 0.25) is 0 Å². The Balaban J connectivity index is 2.92. The number of rotatable bonds is 2. The summed E-state index contributed by atoms with van der Waals surface area (Å²) in [6, 6.07) is 4.07. The zero-order valence-electron chi connectivity index (χ0n) is 5.73. The monoisotopic (exact) mass is 288 g/mol. The van der Waals surface area contributed by atoms with Gasteiger partial charge < -0.3 is 4.74 Å². The first kappa shape index (κ1) is 9.63. The van der Waals surface area contributed by atoms with Gasteiger partial charge in [0.1, 0.15) is 0 Å². The Bertz CT molecular complexity index is 277. The Morgan fingerprint density at radius 3 is 2.58 bits per heavy atom. The lowest BCUT2D eigenvalue weighted by Crippen LogP contribution is -2.04. The van der Waals surface area contributed by atoms with Crippen LogP contribution >= 0.6 is 22.6 Å². The molecule has 1 nitrogen and oxygen atoms in total. The summed E-state index contributed by atoms with van der Waals surface area (Å²) in [5, 5.41) is 0. The van der Waals surface area contributed by atoms with Crippen LogP contribution in [0.5, 0.6) is 5.75 Å². The van der Waals surface area contributed by atoms with Gasteiger partial charge in [0, 0.05) is 0 Å². The van der Waals surface area contributed by atoms with Gasteiger partial charge in [0.25, 0.3) is 0 Å². The quantitative estimate of drug-likeness (QED) is 0.760. The first-order valence-electron chi connectivity index (χ1n) is 3.00. The van der Waals surface area contributed by atoms with Crippen molar-refractivity contribution >= 4 is 22.6 Å². The molecule has 0 aliphatic heterocycles. The first-order valence-corrected chi connectivity index (χ1v) is 4.08. The number of halogens is 4. The van der Waals surface area contributed by atoms with Crippen molar-refractivity contribution in [1.29, 1.82) is 0 Å². The number of ether oxygens (including phenoxy) is 1. The molecule has 0 atom stereocenters. The molecule has 12 heavy (non-hydrogen) atoms. The van der Waals surface area contributed by atoms with E-state index in [0.717, 1.165) is 6.07 Å². The maximum Gasteiger partial charge on any atom is 0.387 e. The topological polar surface area (TPSA) is 9.23 Å². The van der Waals surface area contributed by atoms with Crippen LogP contribution in [0.1, 0.15) is 0 Å². The molecule has 1 rings (SSSR count). The molecule has 0 aliphatic carbocycles. The Hall–Kier alpha value is -0.460. The predicted molar refractivity (Wildman–Crippen MR) is 45.7 cm³/mol. The second-order valence-electron chi connectivity index (χ2n) is 1.93. The zero-order chi connectivity index (χ0) is 9.14. The Morgan fingerprint density at radius 1 is 1.33 bits per heavy atom. The lowest BCUT2D eigenvalue weighted by molar-refractivity contribution is -0.0522. The second kappa shape index (κ2) is 3.97. The summed E-state index contributed by atoms with van der Waals surface area (Å²) in [7, 11) is 0. The van der Waals surface area contributed by atoms with Crippen molar-refractivity contribution < 1.29 is 17.9 Å². The third-order valence-electron chi connectivity index (χ3n) is 1.13. The number of benzene rings is 1. The van der Waals surface area contributed by atoms with Crippen molar-refractivity contribution in [2.45, 2.75) is 6.61 Å². The number of hydrogen-bond donors (Lipinski definition) is 0. The van der Waals surface area contributed by atoms with Crippen molar-refractivity contribution in [1.82, 2.24) is 0 Å². The van der Waals surface area contributed by atoms with E-state index in [-0.39, 0.29) is 3.57 Å². The molecule has 0 heterocycles. The average Bonchev–Trinajstić information content (AvgIpc) is 1.98. The molecular weight excluding hydrogens is 284 g/mol. The standard InChI is InChI=1S/C7H4F3IO/c8-6-4(11)2-1-3-5(6)12-7(9)10/h1-3,7H. The summed E-state index contributed by atoms with van der Waals surface area (Å²) in [6.45, 7) is -2.99. The molecule has 0 spiro atoms. The molecule has 0 saturated carbocycles. The largest absolute Gasteiger partial charge is 0.432 e. The highest BCUT2D eigenvalue weighted by Gasteiger charge is 2.10. The summed E-state index contributed by atoms with van der Waals surface area (Å²) in [5.74, 6) is -1.17. The van der Waals surface area contributed by atoms with Crippen molar-refractivity contribution in [2.75, 3.05) is 0 Å². The minimum Gasteiger partial charge on any atom is -0.432 e. The van der Waals surface area contributed by atoms with Crippen LogP contribution in [0.2, 0.25) is 0 Å². The summed E-state index contributed by atoms with van der Waals surface area (Å²) in [4.78, 5) is 0. The highest BCUT2D eigenvalue weighted by Crippen LogP contribution is 2.22. The van der Waals surface area contributed by atoms with Crippen LogP contribution in [0.4, 0.5) is 13.2 Å². The van der Waals surface area contributed by atoms with Crippen LogP contribution in [0.3, 0.4) is 0 Å². The molecule has 5 heteroatoms.